The highest BCUT2D eigenvalue weighted by atomic mass is 16.4. The first-order valence-corrected chi connectivity index (χ1v) is 7.86. The van der Waals surface area contributed by atoms with E-state index in [1.165, 1.54) is 33.2 Å². The first-order chi connectivity index (χ1) is 9.17. The normalized spacial score (nSPS) is 37.3. The van der Waals surface area contributed by atoms with Gasteiger partial charge >= 0.3 is 5.97 Å². The van der Waals surface area contributed by atoms with Gasteiger partial charge in [0.2, 0.25) is 0 Å². The number of carbonyl (C=O) groups is 1. The van der Waals surface area contributed by atoms with E-state index in [4.69, 9.17) is 5.02 Å². The second kappa shape index (κ2) is 6.78. The Morgan fingerprint density at radius 1 is 1.26 bits per heavy atom. The zero-order valence-electron chi connectivity index (χ0n) is 11.9. The molecule has 3 nitrogen and oxygen atoms in total. The van der Waals surface area contributed by atoms with Gasteiger partial charge in [0, 0.05) is 0 Å². The summed E-state index contributed by atoms with van der Waals surface area (Å²) in [4.78, 5) is 11.4. The molecular formula is C15H26BO3. The van der Waals surface area contributed by atoms with E-state index in [1.54, 1.807) is 0 Å². The molecule has 0 amide bonds. The molecule has 2 fully saturated rings. The first-order valence-electron chi connectivity index (χ1n) is 7.86. The summed E-state index contributed by atoms with van der Waals surface area (Å²) in [6.07, 6.45) is 8.53. The highest BCUT2D eigenvalue weighted by Crippen LogP contribution is 2.55. The molecule has 0 aromatic carbocycles. The van der Waals surface area contributed by atoms with E-state index in [9.17, 15) is 9.90 Å². The van der Waals surface area contributed by atoms with Gasteiger partial charge in [-0.2, -0.15) is 0 Å². The lowest BCUT2D eigenvalue weighted by Gasteiger charge is -2.22. The van der Waals surface area contributed by atoms with E-state index >= 15 is 0 Å². The van der Waals surface area contributed by atoms with Crippen LogP contribution in [0.2, 0.25) is 6.32 Å². The van der Waals surface area contributed by atoms with E-state index in [2.05, 4.69) is 6.92 Å². The first kappa shape index (κ1) is 14.9. The van der Waals surface area contributed by atoms with Crippen molar-refractivity contribution in [2.45, 2.75) is 58.2 Å². The molecule has 0 spiro atoms. The van der Waals surface area contributed by atoms with E-state index < -0.39 is 5.97 Å². The van der Waals surface area contributed by atoms with Crippen LogP contribution >= 0.6 is 0 Å². The average molecular weight is 265 g/mol. The fraction of sp³-hybridized carbons (Fsp3) is 0.933. The summed E-state index contributed by atoms with van der Waals surface area (Å²) in [6.45, 7) is 2.24. The summed E-state index contributed by atoms with van der Waals surface area (Å²) in [5.74, 6) is 1.75. The molecule has 2 aliphatic carbocycles. The summed E-state index contributed by atoms with van der Waals surface area (Å²) in [6, 6.07) is 0. The van der Waals surface area contributed by atoms with E-state index in [0.717, 1.165) is 25.2 Å². The number of rotatable bonds is 7. The minimum absolute atomic E-state index is 0.128. The molecular weight excluding hydrogens is 239 g/mol. The minimum atomic E-state index is -0.598. The molecule has 2 aliphatic rings. The van der Waals surface area contributed by atoms with Gasteiger partial charge in [-0.3, -0.25) is 4.79 Å². The van der Waals surface area contributed by atoms with Crippen LogP contribution in [0.5, 0.6) is 0 Å². The van der Waals surface area contributed by atoms with Gasteiger partial charge in [-0.15, -0.1) is 0 Å². The van der Waals surface area contributed by atoms with E-state index in [0.29, 0.717) is 24.1 Å². The predicted octanol–water partition coefficient (Wildman–Crippen LogP) is 2.96. The van der Waals surface area contributed by atoms with E-state index in [1.807, 2.05) is 0 Å². The molecule has 2 saturated carbocycles. The molecule has 4 heteroatoms. The van der Waals surface area contributed by atoms with Crippen molar-refractivity contribution in [3.05, 3.63) is 0 Å². The van der Waals surface area contributed by atoms with Crippen LogP contribution in [0, 0.1) is 29.6 Å². The number of carboxylic acid groups (broad SMARTS) is 1. The SMILES string of the molecule is CCCC1CC2CC(C(=O)O)C(CCC[B]O)C2C1. The van der Waals surface area contributed by atoms with E-state index in [-0.39, 0.29) is 5.92 Å². The smallest absolute Gasteiger partial charge is 0.306 e. The van der Waals surface area contributed by atoms with Gasteiger partial charge < -0.3 is 10.1 Å². The molecule has 19 heavy (non-hydrogen) atoms. The van der Waals surface area contributed by atoms with Crippen molar-refractivity contribution < 1.29 is 14.9 Å². The Morgan fingerprint density at radius 2 is 2.05 bits per heavy atom. The molecule has 107 valence electrons. The number of fused-ring (bicyclic) bond motifs is 1. The molecule has 0 aromatic rings. The Morgan fingerprint density at radius 3 is 2.68 bits per heavy atom. The van der Waals surface area contributed by atoms with Crippen molar-refractivity contribution in [2.75, 3.05) is 0 Å². The van der Waals surface area contributed by atoms with Gasteiger partial charge in [0.25, 0.3) is 7.48 Å². The topological polar surface area (TPSA) is 57.5 Å². The molecule has 0 heterocycles. The fourth-order valence-corrected chi connectivity index (χ4v) is 4.66. The summed E-state index contributed by atoms with van der Waals surface area (Å²) in [7, 11) is 1.21. The molecule has 5 unspecified atom stereocenters. The summed E-state index contributed by atoms with van der Waals surface area (Å²) < 4.78 is 0. The minimum Gasteiger partial charge on any atom is -0.481 e. The van der Waals surface area contributed by atoms with Gasteiger partial charge in [-0.25, -0.2) is 0 Å². The zero-order chi connectivity index (χ0) is 13.8. The van der Waals surface area contributed by atoms with Crippen molar-refractivity contribution in [1.29, 1.82) is 0 Å². The molecule has 1 radical (unpaired) electrons. The third kappa shape index (κ3) is 3.33. The van der Waals surface area contributed by atoms with Gasteiger partial charge in [-0.1, -0.05) is 32.5 Å². The number of hydrogen-bond donors (Lipinski definition) is 2. The van der Waals surface area contributed by atoms with Gasteiger partial charge in [-0.05, 0) is 49.4 Å². The molecule has 0 bridgehead atoms. The summed E-state index contributed by atoms with van der Waals surface area (Å²) in [5.41, 5.74) is 0. The van der Waals surface area contributed by atoms with Gasteiger partial charge in [0.1, 0.15) is 0 Å². The van der Waals surface area contributed by atoms with Crippen LogP contribution in [0.1, 0.15) is 51.9 Å². The van der Waals surface area contributed by atoms with Crippen molar-refractivity contribution >= 4 is 13.5 Å². The Balaban J connectivity index is 1.96. The van der Waals surface area contributed by atoms with Gasteiger partial charge in [0.15, 0.2) is 0 Å². The second-order valence-electron chi connectivity index (χ2n) is 6.51. The van der Waals surface area contributed by atoms with Crippen LogP contribution in [0.3, 0.4) is 0 Å². The zero-order valence-corrected chi connectivity index (χ0v) is 11.9. The Hall–Kier alpha value is -0.505. The largest absolute Gasteiger partial charge is 0.481 e. The highest BCUT2D eigenvalue weighted by molar-refractivity contribution is 6.25. The average Bonchev–Trinajstić information content (AvgIpc) is 2.88. The fourth-order valence-electron chi connectivity index (χ4n) is 4.66. The van der Waals surface area contributed by atoms with Crippen LogP contribution in [-0.2, 0) is 4.79 Å². The highest BCUT2D eigenvalue weighted by Gasteiger charge is 2.49. The lowest BCUT2D eigenvalue weighted by Crippen LogP contribution is -2.22. The monoisotopic (exact) mass is 265 g/mol. The quantitative estimate of drug-likeness (QED) is 0.549. The predicted molar refractivity (Wildman–Crippen MR) is 75.9 cm³/mol. The van der Waals surface area contributed by atoms with Crippen molar-refractivity contribution in [3.8, 4) is 0 Å². The molecule has 0 saturated heterocycles. The second-order valence-corrected chi connectivity index (χ2v) is 6.51. The van der Waals surface area contributed by atoms with Gasteiger partial charge in [0.05, 0.1) is 5.92 Å². The van der Waals surface area contributed by atoms with Crippen LogP contribution in [0.4, 0.5) is 0 Å². The molecule has 5 atom stereocenters. The van der Waals surface area contributed by atoms with Crippen LogP contribution in [0.15, 0.2) is 0 Å². The lowest BCUT2D eigenvalue weighted by molar-refractivity contribution is -0.143. The molecule has 2 N–H and O–H groups in total. The van der Waals surface area contributed by atoms with Crippen molar-refractivity contribution in [1.82, 2.24) is 0 Å². The molecule has 0 aromatic heterocycles. The lowest BCUT2D eigenvalue weighted by atomic mass is 9.80. The maximum atomic E-state index is 11.4. The summed E-state index contributed by atoms with van der Waals surface area (Å²) in [5, 5.41) is 18.2. The van der Waals surface area contributed by atoms with Crippen LogP contribution in [0.25, 0.3) is 0 Å². The number of carboxylic acids is 1. The number of aliphatic carboxylic acids is 1. The Kier molecular flexibility index (Phi) is 5.32. The van der Waals surface area contributed by atoms with Crippen molar-refractivity contribution in [2.24, 2.45) is 29.6 Å². The number of hydrogen-bond acceptors (Lipinski definition) is 2. The summed E-state index contributed by atoms with van der Waals surface area (Å²) >= 11 is 0. The third-order valence-electron chi connectivity index (χ3n) is 5.36. The van der Waals surface area contributed by atoms with Crippen LogP contribution < -0.4 is 0 Å². The van der Waals surface area contributed by atoms with Crippen LogP contribution in [-0.4, -0.2) is 23.6 Å². The van der Waals surface area contributed by atoms with Crippen molar-refractivity contribution in [3.63, 3.8) is 0 Å². The molecule has 0 aliphatic heterocycles. The third-order valence-corrected chi connectivity index (χ3v) is 5.36. The maximum absolute atomic E-state index is 11.4. The maximum Gasteiger partial charge on any atom is 0.306 e. The Bertz CT molecular complexity index is 308. The molecule has 2 rings (SSSR count). The standard InChI is InChI=1S/C15H26BO3/c1-2-4-10-7-11-9-14(15(17)18)12(13(11)8-10)5-3-6-16-19/h10-14,19H,2-9H2,1H3,(H,17,18). The Labute approximate surface area is 117 Å².